The standard InChI is InChI=1S/C6H5BN2O2/c1-8-6-4-9-3-2-5(6)7(10)11/h2-4,10-11H. The van der Waals surface area contributed by atoms with Crippen molar-refractivity contribution in [2.75, 3.05) is 0 Å². The molecule has 0 fully saturated rings. The summed E-state index contributed by atoms with van der Waals surface area (Å²) < 4.78 is 0. The van der Waals surface area contributed by atoms with E-state index in [9.17, 15) is 0 Å². The molecule has 0 aliphatic heterocycles. The van der Waals surface area contributed by atoms with Crippen LogP contribution in [0.5, 0.6) is 0 Å². The first-order valence-electron chi connectivity index (χ1n) is 2.93. The van der Waals surface area contributed by atoms with E-state index in [4.69, 9.17) is 16.6 Å². The molecule has 0 aliphatic rings. The van der Waals surface area contributed by atoms with Crippen LogP contribution in [0.25, 0.3) is 4.85 Å². The van der Waals surface area contributed by atoms with Crippen LogP contribution in [-0.2, 0) is 0 Å². The van der Waals surface area contributed by atoms with Crippen molar-refractivity contribution in [1.29, 1.82) is 0 Å². The molecule has 0 saturated carbocycles. The van der Waals surface area contributed by atoms with Crippen molar-refractivity contribution < 1.29 is 10.0 Å². The number of hydrogen-bond donors (Lipinski definition) is 2. The highest BCUT2D eigenvalue weighted by Crippen LogP contribution is 2.04. The predicted molar refractivity (Wildman–Crippen MR) is 40.3 cm³/mol. The fraction of sp³-hybridized carbons (Fsp3) is 0. The average Bonchev–Trinajstić information content (AvgIpc) is 2.04. The second kappa shape index (κ2) is 3.15. The molecule has 1 heterocycles. The molecule has 1 rings (SSSR count). The SMILES string of the molecule is [C-]#[N+]c1cnccc1B(O)O. The third kappa shape index (κ3) is 1.55. The summed E-state index contributed by atoms with van der Waals surface area (Å²) in [7, 11) is -1.60. The molecule has 0 spiro atoms. The zero-order valence-electron chi connectivity index (χ0n) is 5.60. The van der Waals surface area contributed by atoms with E-state index >= 15 is 0 Å². The molecule has 0 aliphatic carbocycles. The van der Waals surface area contributed by atoms with Crippen LogP contribution in [0.1, 0.15) is 0 Å². The Hall–Kier alpha value is -1.38. The van der Waals surface area contributed by atoms with Gasteiger partial charge in [0.25, 0.3) is 0 Å². The van der Waals surface area contributed by atoms with E-state index in [0.29, 0.717) is 0 Å². The minimum Gasteiger partial charge on any atom is -0.424 e. The van der Waals surface area contributed by atoms with Crippen molar-refractivity contribution >= 4 is 18.3 Å². The summed E-state index contributed by atoms with van der Waals surface area (Å²) in [5.74, 6) is 0. The molecule has 0 atom stereocenters. The van der Waals surface area contributed by atoms with Gasteiger partial charge in [-0.15, -0.1) is 0 Å². The van der Waals surface area contributed by atoms with Crippen molar-refractivity contribution in [3.63, 3.8) is 0 Å². The van der Waals surface area contributed by atoms with E-state index < -0.39 is 7.12 Å². The predicted octanol–water partition coefficient (Wildman–Crippen LogP) is -0.688. The highest BCUT2D eigenvalue weighted by molar-refractivity contribution is 6.60. The fourth-order valence-electron chi connectivity index (χ4n) is 0.709. The average molecular weight is 148 g/mol. The van der Waals surface area contributed by atoms with Crippen molar-refractivity contribution in [3.05, 3.63) is 29.9 Å². The Kier molecular flexibility index (Phi) is 2.21. The van der Waals surface area contributed by atoms with Gasteiger partial charge >= 0.3 is 7.12 Å². The molecule has 4 nitrogen and oxygen atoms in total. The van der Waals surface area contributed by atoms with Gasteiger partial charge in [0, 0.05) is 12.4 Å². The molecule has 1 aromatic heterocycles. The molecule has 11 heavy (non-hydrogen) atoms. The molecular formula is C6H5BN2O2. The molecule has 0 amide bonds. The molecule has 2 N–H and O–H groups in total. The summed E-state index contributed by atoms with van der Waals surface area (Å²) >= 11 is 0. The maximum atomic E-state index is 8.72. The van der Waals surface area contributed by atoms with E-state index in [1.165, 1.54) is 18.5 Å². The van der Waals surface area contributed by atoms with Gasteiger partial charge in [-0.05, 0) is 5.46 Å². The molecule has 54 valence electrons. The second-order valence-corrected chi connectivity index (χ2v) is 1.92. The number of rotatable bonds is 1. The van der Waals surface area contributed by atoms with E-state index in [0.717, 1.165) is 0 Å². The summed E-state index contributed by atoms with van der Waals surface area (Å²) in [5.41, 5.74) is 0.359. The van der Waals surface area contributed by atoms with Crippen LogP contribution >= 0.6 is 0 Å². The third-order valence-electron chi connectivity index (χ3n) is 1.23. The summed E-state index contributed by atoms with van der Waals surface area (Å²) in [6.45, 7) is 6.64. The first-order valence-corrected chi connectivity index (χ1v) is 2.93. The quantitative estimate of drug-likeness (QED) is 0.409. The first kappa shape index (κ1) is 7.73. The Labute approximate surface area is 64.1 Å². The molecule has 0 radical (unpaired) electrons. The summed E-state index contributed by atoms with van der Waals surface area (Å²) in [6.07, 6.45) is 2.70. The van der Waals surface area contributed by atoms with Crippen LogP contribution in [-0.4, -0.2) is 22.2 Å². The summed E-state index contributed by atoms with van der Waals surface area (Å²) in [4.78, 5) is 6.72. The van der Waals surface area contributed by atoms with Crippen LogP contribution < -0.4 is 5.46 Å². The van der Waals surface area contributed by atoms with Gasteiger partial charge in [0.05, 0.1) is 6.57 Å². The molecule has 0 aromatic carbocycles. The highest BCUT2D eigenvalue weighted by Gasteiger charge is 2.14. The van der Waals surface area contributed by atoms with E-state index in [-0.39, 0.29) is 11.2 Å². The third-order valence-corrected chi connectivity index (χ3v) is 1.23. The van der Waals surface area contributed by atoms with Crippen LogP contribution in [0.2, 0.25) is 0 Å². The lowest BCUT2D eigenvalue weighted by atomic mass is 9.80. The Morgan fingerprint density at radius 1 is 1.55 bits per heavy atom. The van der Waals surface area contributed by atoms with E-state index in [1.807, 2.05) is 0 Å². The first-order chi connectivity index (χ1) is 5.25. The van der Waals surface area contributed by atoms with Gasteiger partial charge in [-0.3, -0.25) is 4.98 Å². The molecule has 5 heteroatoms. The molecule has 0 saturated heterocycles. The molecule has 0 bridgehead atoms. The topological polar surface area (TPSA) is 57.7 Å². The Morgan fingerprint density at radius 3 is 2.73 bits per heavy atom. The maximum absolute atomic E-state index is 8.72. The van der Waals surface area contributed by atoms with Gasteiger partial charge < -0.3 is 10.0 Å². The fourth-order valence-corrected chi connectivity index (χ4v) is 0.709. The van der Waals surface area contributed by atoms with Gasteiger partial charge in [0.1, 0.15) is 0 Å². The van der Waals surface area contributed by atoms with Crippen LogP contribution in [0.4, 0.5) is 5.69 Å². The van der Waals surface area contributed by atoms with E-state index in [1.54, 1.807) is 0 Å². The van der Waals surface area contributed by atoms with Gasteiger partial charge in [-0.1, -0.05) is 6.07 Å². The highest BCUT2D eigenvalue weighted by atomic mass is 16.4. The number of aromatic nitrogens is 1. The minimum atomic E-state index is -1.60. The Morgan fingerprint density at radius 2 is 2.27 bits per heavy atom. The minimum absolute atomic E-state index is 0.169. The molecule has 0 unspecified atom stereocenters. The smallest absolute Gasteiger partial charge is 0.424 e. The monoisotopic (exact) mass is 148 g/mol. The van der Waals surface area contributed by atoms with Crippen molar-refractivity contribution in [2.24, 2.45) is 0 Å². The summed E-state index contributed by atoms with van der Waals surface area (Å²) in [6, 6.07) is 1.40. The van der Waals surface area contributed by atoms with Gasteiger partial charge in [-0.25, -0.2) is 4.85 Å². The molecule has 1 aromatic rings. The lowest BCUT2D eigenvalue weighted by Crippen LogP contribution is -2.29. The zero-order chi connectivity index (χ0) is 8.27. The normalized spacial score (nSPS) is 8.82. The van der Waals surface area contributed by atoms with Gasteiger partial charge in [0.2, 0.25) is 5.69 Å². The van der Waals surface area contributed by atoms with Crippen LogP contribution in [0.15, 0.2) is 18.5 Å². The molecular weight excluding hydrogens is 143 g/mol. The lowest BCUT2D eigenvalue weighted by molar-refractivity contribution is 0.426. The zero-order valence-corrected chi connectivity index (χ0v) is 5.60. The van der Waals surface area contributed by atoms with Gasteiger partial charge in [-0.2, -0.15) is 0 Å². The van der Waals surface area contributed by atoms with Gasteiger partial charge in [0.15, 0.2) is 0 Å². The Bertz CT molecular complexity index is 295. The van der Waals surface area contributed by atoms with Crippen molar-refractivity contribution in [2.45, 2.75) is 0 Å². The second-order valence-electron chi connectivity index (χ2n) is 1.92. The lowest BCUT2D eigenvalue weighted by Gasteiger charge is -1.98. The largest absolute Gasteiger partial charge is 0.477 e. The number of nitrogens with zero attached hydrogens (tertiary/aromatic N) is 2. The van der Waals surface area contributed by atoms with Crippen LogP contribution in [0, 0.1) is 6.57 Å². The summed E-state index contributed by atoms with van der Waals surface area (Å²) in [5, 5.41) is 17.4. The Balaban J connectivity index is 3.15. The van der Waals surface area contributed by atoms with E-state index in [2.05, 4.69) is 9.83 Å². The van der Waals surface area contributed by atoms with Crippen LogP contribution in [0.3, 0.4) is 0 Å². The van der Waals surface area contributed by atoms with Crippen molar-refractivity contribution in [3.8, 4) is 0 Å². The maximum Gasteiger partial charge on any atom is 0.477 e. The number of hydrogen-bond acceptors (Lipinski definition) is 3. The van der Waals surface area contributed by atoms with Crippen molar-refractivity contribution in [1.82, 2.24) is 4.98 Å². The number of pyridine rings is 1.